The maximum absolute atomic E-state index is 9.42. The lowest BCUT2D eigenvalue weighted by Gasteiger charge is -2.35. The van der Waals surface area contributed by atoms with Gasteiger partial charge in [0.25, 0.3) is 0 Å². The van der Waals surface area contributed by atoms with Gasteiger partial charge >= 0.3 is 0 Å². The molecule has 1 aromatic carbocycles. The number of fused-ring (bicyclic) bond motifs is 1. The second kappa shape index (κ2) is 4.27. The molecule has 0 unspecified atom stereocenters. The summed E-state index contributed by atoms with van der Waals surface area (Å²) in [6.07, 6.45) is 1.12. The van der Waals surface area contributed by atoms with Crippen LogP contribution in [0.2, 0.25) is 0 Å². The van der Waals surface area contributed by atoms with Crippen molar-refractivity contribution in [2.24, 2.45) is 5.41 Å². The van der Waals surface area contributed by atoms with Crippen LogP contribution in [0, 0.1) is 5.41 Å². The number of aliphatic hydroxyl groups excluding tert-OH is 1. The summed E-state index contributed by atoms with van der Waals surface area (Å²) < 4.78 is 5.41. The molecular weight excluding hydrogens is 224 g/mol. The molecule has 0 aliphatic carbocycles. The molecule has 1 N–H and O–H groups in total. The van der Waals surface area contributed by atoms with Crippen molar-refractivity contribution < 1.29 is 9.84 Å². The van der Waals surface area contributed by atoms with Crippen LogP contribution in [0.4, 0.5) is 0 Å². The highest BCUT2D eigenvalue weighted by molar-refractivity contribution is 5.49. The second-order valence-electron chi connectivity index (χ2n) is 7.19. The van der Waals surface area contributed by atoms with Crippen LogP contribution in [0.3, 0.4) is 0 Å². The van der Waals surface area contributed by atoms with Crippen molar-refractivity contribution in [3.05, 3.63) is 28.8 Å². The van der Waals surface area contributed by atoms with E-state index in [0.29, 0.717) is 12.0 Å². The summed E-state index contributed by atoms with van der Waals surface area (Å²) in [7, 11) is 0. The van der Waals surface area contributed by atoms with Crippen LogP contribution in [0.15, 0.2) is 12.1 Å². The molecule has 0 bridgehead atoms. The van der Waals surface area contributed by atoms with Crippen molar-refractivity contribution in [1.29, 1.82) is 0 Å². The Morgan fingerprint density at radius 1 is 1.17 bits per heavy atom. The van der Waals surface area contributed by atoms with Crippen LogP contribution in [-0.4, -0.2) is 5.11 Å². The van der Waals surface area contributed by atoms with E-state index in [4.69, 9.17) is 4.74 Å². The quantitative estimate of drug-likeness (QED) is 0.882. The van der Waals surface area contributed by atoms with Gasteiger partial charge in [-0.15, -0.1) is 0 Å². The molecule has 2 heteroatoms. The Balaban J connectivity index is 2.36. The highest BCUT2D eigenvalue weighted by atomic mass is 16.5. The minimum absolute atomic E-state index is 0.0573. The minimum Gasteiger partial charge on any atom is -0.488 e. The average Bonchev–Trinajstić information content (AvgIpc) is 2.15. The third kappa shape index (κ3) is 2.54. The van der Waals surface area contributed by atoms with Gasteiger partial charge < -0.3 is 9.84 Å². The van der Waals surface area contributed by atoms with E-state index >= 15 is 0 Å². The molecule has 18 heavy (non-hydrogen) atoms. The maximum atomic E-state index is 9.42. The van der Waals surface area contributed by atoms with Crippen molar-refractivity contribution in [3.63, 3.8) is 0 Å². The van der Waals surface area contributed by atoms with Gasteiger partial charge in [-0.2, -0.15) is 0 Å². The van der Waals surface area contributed by atoms with Gasteiger partial charge in [-0.3, -0.25) is 0 Å². The van der Waals surface area contributed by atoms with E-state index in [2.05, 4.69) is 46.8 Å². The zero-order valence-corrected chi connectivity index (χ0v) is 12.1. The van der Waals surface area contributed by atoms with E-state index in [1.807, 2.05) is 0 Å². The average molecular weight is 248 g/mol. The summed E-state index contributed by atoms with van der Waals surface area (Å²) >= 11 is 0. The standard InChI is InChI=1S/C16H24O2/c1-15(2,3)10-16(4,5)13-6-11(8-17)14-12(7-13)9-18-14/h6-7,17H,8-10H2,1-5H3. The Labute approximate surface area is 110 Å². The summed E-state index contributed by atoms with van der Waals surface area (Å²) in [5, 5.41) is 9.42. The van der Waals surface area contributed by atoms with Gasteiger partial charge in [0.1, 0.15) is 12.4 Å². The Morgan fingerprint density at radius 2 is 1.83 bits per heavy atom. The molecular formula is C16H24O2. The minimum atomic E-state index is 0.0573. The molecule has 2 rings (SSSR count). The number of benzene rings is 1. The fourth-order valence-corrected chi connectivity index (χ4v) is 3.05. The third-order valence-electron chi connectivity index (χ3n) is 3.54. The van der Waals surface area contributed by atoms with Gasteiger partial charge in [0.2, 0.25) is 0 Å². The molecule has 0 atom stereocenters. The van der Waals surface area contributed by atoms with E-state index in [9.17, 15) is 5.11 Å². The zero-order valence-electron chi connectivity index (χ0n) is 12.1. The molecule has 2 nitrogen and oxygen atoms in total. The van der Waals surface area contributed by atoms with Crippen LogP contribution < -0.4 is 4.74 Å². The molecule has 0 radical (unpaired) electrons. The van der Waals surface area contributed by atoms with Crippen LogP contribution >= 0.6 is 0 Å². The topological polar surface area (TPSA) is 29.5 Å². The molecule has 1 heterocycles. The Kier molecular flexibility index (Phi) is 3.18. The van der Waals surface area contributed by atoms with Crippen molar-refractivity contribution >= 4 is 0 Å². The monoisotopic (exact) mass is 248 g/mol. The number of rotatable bonds is 3. The number of aliphatic hydroxyl groups is 1. The number of ether oxygens (including phenoxy) is 1. The lowest BCUT2D eigenvalue weighted by atomic mass is 9.71. The summed E-state index contributed by atoms with van der Waals surface area (Å²) in [6.45, 7) is 12.1. The van der Waals surface area contributed by atoms with Gasteiger partial charge in [-0.1, -0.05) is 34.6 Å². The van der Waals surface area contributed by atoms with Gasteiger partial charge in [-0.05, 0) is 34.9 Å². The van der Waals surface area contributed by atoms with Crippen molar-refractivity contribution in [3.8, 4) is 5.75 Å². The first-order valence-electron chi connectivity index (χ1n) is 6.63. The maximum Gasteiger partial charge on any atom is 0.131 e. The van der Waals surface area contributed by atoms with E-state index < -0.39 is 0 Å². The zero-order chi connectivity index (χ0) is 13.6. The lowest BCUT2D eigenvalue weighted by Crippen LogP contribution is -2.26. The van der Waals surface area contributed by atoms with Crippen LogP contribution in [0.1, 0.15) is 57.7 Å². The second-order valence-corrected chi connectivity index (χ2v) is 7.19. The predicted octanol–water partition coefficient (Wildman–Crippen LogP) is 3.79. The molecule has 0 fully saturated rings. The van der Waals surface area contributed by atoms with E-state index in [-0.39, 0.29) is 12.0 Å². The van der Waals surface area contributed by atoms with Gasteiger partial charge in [0.05, 0.1) is 6.61 Å². The Morgan fingerprint density at radius 3 is 2.28 bits per heavy atom. The van der Waals surface area contributed by atoms with Crippen LogP contribution in [-0.2, 0) is 18.6 Å². The predicted molar refractivity (Wildman–Crippen MR) is 73.8 cm³/mol. The van der Waals surface area contributed by atoms with Crippen molar-refractivity contribution in [2.75, 3.05) is 0 Å². The highest BCUT2D eigenvalue weighted by Crippen LogP contribution is 2.41. The SMILES string of the molecule is CC(C)(C)CC(C)(C)c1cc(CO)c2c(c1)CO2. The fourth-order valence-electron chi connectivity index (χ4n) is 3.05. The fraction of sp³-hybridized carbons (Fsp3) is 0.625. The highest BCUT2D eigenvalue weighted by Gasteiger charge is 2.30. The molecule has 0 spiro atoms. The first-order chi connectivity index (χ1) is 8.23. The summed E-state index contributed by atoms with van der Waals surface area (Å²) in [5.41, 5.74) is 3.88. The number of hydrogen-bond acceptors (Lipinski definition) is 2. The smallest absolute Gasteiger partial charge is 0.131 e. The molecule has 1 aliphatic rings. The largest absolute Gasteiger partial charge is 0.488 e. The summed E-state index contributed by atoms with van der Waals surface area (Å²) in [4.78, 5) is 0. The van der Waals surface area contributed by atoms with E-state index in [0.717, 1.165) is 17.7 Å². The van der Waals surface area contributed by atoms with Crippen LogP contribution in [0.25, 0.3) is 0 Å². The van der Waals surface area contributed by atoms with E-state index in [1.165, 1.54) is 11.1 Å². The van der Waals surface area contributed by atoms with Crippen LogP contribution in [0.5, 0.6) is 5.75 Å². The van der Waals surface area contributed by atoms with Gasteiger partial charge in [0, 0.05) is 11.1 Å². The van der Waals surface area contributed by atoms with Crippen molar-refractivity contribution in [1.82, 2.24) is 0 Å². The summed E-state index contributed by atoms with van der Waals surface area (Å²) in [6, 6.07) is 4.34. The molecule has 1 aliphatic heterocycles. The van der Waals surface area contributed by atoms with Gasteiger partial charge in [0.15, 0.2) is 0 Å². The van der Waals surface area contributed by atoms with E-state index in [1.54, 1.807) is 0 Å². The van der Waals surface area contributed by atoms with Gasteiger partial charge in [-0.25, -0.2) is 0 Å². The molecule has 100 valence electrons. The first kappa shape index (κ1) is 13.4. The first-order valence-corrected chi connectivity index (χ1v) is 6.63. The third-order valence-corrected chi connectivity index (χ3v) is 3.54. The molecule has 0 saturated heterocycles. The molecule has 0 aromatic heterocycles. The lowest BCUT2D eigenvalue weighted by molar-refractivity contribution is 0.219. The van der Waals surface area contributed by atoms with Crippen molar-refractivity contribution in [2.45, 2.75) is 59.7 Å². The molecule has 1 aromatic rings. The number of hydrogen-bond donors (Lipinski definition) is 1. The molecule has 0 saturated carbocycles. The Hall–Kier alpha value is -1.02. The normalized spacial score (nSPS) is 14.8. The molecule has 0 amide bonds. The Bertz CT molecular complexity index is 453. The summed E-state index contributed by atoms with van der Waals surface area (Å²) in [5.74, 6) is 0.896.